The van der Waals surface area contributed by atoms with Gasteiger partial charge in [0.05, 0.1) is 10.4 Å². The van der Waals surface area contributed by atoms with Gasteiger partial charge in [-0.15, -0.1) is 0 Å². The first kappa shape index (κ1) is 8.62. The molecule has 0 saturated heterocycles. The summed E-state index contributed by atoms with van der Waals surface area (Å²) in [6.07, 6.45) is 3.94. The van der Waals surface area contributed by atoms with Crippen molar-refractivity contribution in [3.05, 3.63) is 22.7 Å². The largest absolute Gasteiger partial charge is 0.481 e. The Morgan fingerprint density at radius 3 is 2.62 bits per heavy atom. The van der Waals surface area contributed by atoms with Crippen LogP contribution in [-0.2, 0) is 4.79 Å². The maximum atomic E-state index is 10.5. The Balaban J connectivity index is 2.12. The van der Waals surface area contributed by atoms with E-state index >= 15 is 0 Å². The van der Waals surface area contributed by atoms with Gasteiger partial charge in [0.15, 0.2) is 0 Å². The Hall–Kier alpha value is -0.970. The predicted octanol–water partition coefficient (Wildman–Crippen LogP) is 1.43. The number of carboxylic acid groups (broad SMARTS) is 1. The fourth-order valence-electron chi connectivity index (χ4n) is 1.27. The SMILES string of the molecule is O=C(O)C1CC1c1ncc(Br)cn1. The number of carboxylic acids is 1. The lowest BCUT2D eigenvalue weighted by molar-refractivity contribution is -0.138. The molecule has 2 atom stereocenters. The van der Waals surface area contributed by atoms with Gasteiger partial charge >= 0.3 is 5.97 Å². The summed E-state index contributed by atoms with van der Waals surface area (Å²) in [5.74, 6) is -0.376. The van der Waals surface area contributed by atoms with Gasteiger partial charge in [0.25, 0.3) is 0 Å². The molecule has 0 spiro atoms. The van der Waals surface area contributed by atoms with Crippen LogP contribution in [0.3, 0.4) is 0 Å². The second-order valence-corrected chi connectivity index (χ2v) is 3.96. The molecule has 1 heterocycles. The number of nitrogens with zero attached hydrogens (tertiary/aromatic N) is 2. The molecule has 1 saturated carbocycles. The molecule has 0 bridgehead atoms. The molecule has 13 heavy (non-hydrogen) atoms. The van der Waals surface area contributed by atoms with Crippen LogP contribution < -0.4 is 0 Å². The molecule has 0 amide bonds. The topological polar surface area (TPSA) is 63.1 Å². The van der Waals surface area contributed by atoms with Crippen molar-refractivity contribution in [1.29, 1.82) is 0 Å². The smallest absolute Gasteiger partial charge is 0.307 e. The summed E-state index contributed by atoms with van der Waals surface area (Å²) in [6.45, 7) is 0. The highest BCUT2D eigenvalue weighted by Crippen LogP contribution is 2.45. The van der Waals surface area contributed by atoms with Crippen molar-refractivity contribution in [3.63, 3.8) is 0 Å². The molecule has 1 aromatic heterocycles. The van der Waals surface area contributed by atoms with Crippen LogP contribution in [0.15, 0.2) is 16.9 Å². The zero-order valence-corrected chi connectivity index (χ0v) is 8.23. The molecule has 1 aliphatic rings. The van der Waals surface area contributed by atoms with Crippen molar-refractivity contribution in [3.8, 4) is 0 Å². The zero-order chi connectivity index (χ0) is 9.42. The maximum absolute atomic E-state index is 10.5. The lowest BCUT2D eigenvalue weighted by Gasteiger charge is -1.95. The third-order valence-electron chi connectivity index (χ3n) is 2.08. The first-order valence-electron chi connectivity index (χ1n) is 3.88. The minimum absolute atomic E-state index is 0.0191. The van der Waals surface area contributed by atoms with Crippen molar-refractivity contribution >= 4 is 21.9 Å². The van der Waals surface area contributed by atoms with Crippen molar-refractivity contribution in [2.24, 2.45) is 5.92 Å². The van der Waals surface area contributed by atoms with Gasteiger partial charge in [-0.25, -0.2) is 9.97 Å². The highest BCUT2D eigenvalue weighted by molar-refractivity contribution is 9.10. The Labute approximate surface area is 83.1 Å². The van der Waals surface area contributed by atoms with Gasteiger partial charge < -0.3 is 5.11 Å². The van der Waals surface area contributed by atoms with E-state index in [0.717, 1.165) is 4.47 Å². The van der Waals surface area contributed by atoms with Crippen LogP contribution in [-0.4, -0.2) is 21.0 Å². The van der Waals surface area contributed by atoms with Crippen molar-refractivity contribution in [2.45, 2.75) is 12.3 Å². The molecule has 0 aliphatic heterocycles. The molecule has 1 aliphatic carbocycles. The molecule has 0 radical (unpaired) electrons. The van der Waals surface area contributed by atoms with Crippen LogP contribution >= 0.6 is 15.9 Å². The zero-order valence-electron chi connectivity index (χ0n) is 6.64. The van der Waals surface area contributed by atoms with E-state index in [2.05, 4.69) is 25.9 Å². The minimum atomic E-state index is -0.753. The molecule has 2 rings (SSSR count). The number of rotatable bonds is 2. The molecule has 1 N–H and O–H groups in total. The number of hydrogen-bond acceptors (Lipinski definition) is 3. The third-order valence-corrected chi connectivity index (χ3v) is 2.49. The monoisotopic (exact) mass is 242 g/mol. The Bertz CT molecular complexity index is 339. The van der Waals surface area contributed by atoms with Gasteiger partial charge in [-0.2, -0.15) is 0 Å². The average Bonchev–Trinajstić information content (AvgIpc) is 2.85. The number of carbonyl (C=O) groups is 1. The predicted molar refractivity (Wildman–Crippen MR) is 48.2 cm³/mol. The normalized spacial score (nSPS) is 25.6. The maximum Gasteiger partial charge on any atom is 0.307 e. The second-order valence-electron chi connectivity index (χ2n) is 3.05. The van der Waals surface area contributed by atoms with Gasteiger partial charge in [-0.1, -0.05) is 0 Å². The molecule has 4 nitrogen and oxygen atoms in total. The summed E-state index contributed by atoms with van der Waals surface area (Å²) in [4.78, 5) is 18.7. The molecule has 0 aromatic carbocycles. The molecule has 1 fully saturated rings. The first-order chi connectivity index (χ1) is 6.18. The van der Waals surface area contributed by atoms with E-state index < -0.39 is 5.97 Å². The van der Waals surface area contributed by atoms with Crippen LogP contribution in [0.1, 0.15) is 18.2 Å². The van der Waals surface area contributed by atoms with Gasteiger partial charge in [0, 0.05) is 18.3 Å². The Morgan fingerprint density at radius 2 is 2.15 bits per heavy atom. The number of aromatic nitrogens is 2. The van der Waals surface area contributed by atoms with Gasteiger partial charge in [-0.05, 0) is 22.4 Å². The lowest BCUT2D eigenvalue weighted by atomic mass is 10.3. The Kier molecular flexibility index (Phi) is 2.03. The number of aliphatic carboxylic acids is 1. The van der Waals surface area contributed by atoms with E-state index in [9.17, 15) is 4.79 Å². The van der Waals surface area contributed by atoms with Crippen LogP contribution in [0.4, 0.5) is 0 Å². The van der Waals surface area contributed by atoms with E-state index in [1.807, 2.05) is 0 Å². The highest BCUT2D eigenvalue weighted by Gasteiger charge is 2.46. The minimum Gasteiger partial charge on any atom is -0.481 e. The molecule has 2 unspecified atom stereocenters. The second kappa shape index (κ2) is 3.06. The molecular formula is C8H7BrN2O2. The molecule has 5 heteroatoms. The summed E-state index contributed by atoms with van der Waals surface area (Å²) in [7, 11) is 0. The van der Waals surface area contributed by atoms with Crippen molar-refractivity contribution in [2.75, 3.05) is 0 Å². The lowest BCUT2D eigenvalue weighted by Crippen LogP contribution is -2.01. The summed E-state index contributed by atoms with van der Waals surface area (Å²) in [6, 6.07) is 0. The summed E-state index contributed by atoms with van der Waals surface area (Å²) < 4.78 is 0.809. The summed E-state index contributed by atoms with van der Waals surface area (Å²) in [5.41, 5.74) is 0. The van der Waals surface area contributed by atoms with Crippen LogP contribution in [0.2, 0.25) is 0 Å². The fraction of sp³-hybridized carbons (Fsp3) is 0.375. The third kappa shape index (κ3) is 1.70. The van der Waals surface area contributed by atoms with E-state index in [1.54, 1.807) is 12.4 Å². The standard InChI is InChI=1S/C8H7BrN2O2/c9-4-2-10-7(11-3-4)5-1-6(5)8(12)13/h2-3,5-6H,1H2,(H,12,13). The van der Waals surface area contributed by atoms with Gasteiger partial charge in [0.2, 0.25) is 0 Å². The molecule has 1 aromatic rings. The van der Waals surface area contributed by atoms with Crippen molar-refractivity contribution < 1.29 is 9.90 Å². The summed E-state index contributed by atoms with van der Waals surface area (Å²) >= 11 is 3.22. The van der Waals surface area contributed by atoms with Crippen LogP contribution in [0.25, 0.3) is 0 Å². The molecular weight excluding hydrogens is 236 g/mol. The van der Waals surface area contributed by atoms with E-state index in [0.29, 0.717) is 12.2 Å². The fourth-order valence-corrected chi connectivity index (χ4v) is 1.47. The van der Waals surface area contributed by atoms with E-state index in [4.69, 9.17) is 5.11 Å². The van der Waals surface area contributed by atoms with E-state index in [-0.39, 0.29) is 11.8 Å². The quantitative estimate of drug-likeness (QED) is 0.853. The number of hydrogen-bond donors (Lipinski definition) is 1. The molecule has 68 valence electrons. The van der Waals surface area contributed by atoms with E-state index in [1.165, 1.54) is 0 Å². The Morgan fingerprint density at radius 1 is 1.54 bits per heavy atom. The first-order valence-corrected chi connectivity index (χ1v) is 4.68. The highest BCUT2D eigenvalue weighted by atomic mass is 79.9. The van der Waals surface area contributed by atoms with Gasteiger partial charge in [0.1, 0.15) is 5.82 Å². The van der Waals surface area contributed by atoms with Crippen LogP contribution in [0.5, 0.6) is 0 Å². The van der Waals surface area contributed by atoms with Crippen molar-refractivity contribution in [1.82, 2.24) is 9.97 Å². The van der Waals surface area contributed by atoms with Gasteiger partial charge in [-0.3, -0.25) is 4.79 Å². The average molecular weight is 243 g/mol. The van der Waals surface area contributed by atoms with Crippen LogP contribution in [0, 0.1) is 5.92 Å². The number of halogens is 1. The summed E-state index contributed by atoms with van der Waals surface area (Å²) in [5, 5.41) is 8.67.